The topological polar surface area (TPSA) is 82.3 Å². The molecule has 2 aliphatic rings. The molecule has 212 valence electrons. The van der Waals surface area contributed by atoms with Gasteiger partial charge in [-0.15, -0.1) is 11.3 Å². The van der Waals surface area contributed by atoms with E-state index in [1.807, 2.05) is 60.8 Å². The van der Waals surface area contributed by atoms with Crippen molar-refractivity contribution < 1.29 is 23.4 Å². The van der Waals surface area contributed by atoms with Gasteiger partial charge < -0.3 is 23.9 Å². The van der Waals surface area contributed by atoms with Gasteiger partial charge in [-0.3, -0.25) is 4.79 Å². The van der Waals surface area contributed by atoms with Gasteiger partial charge in [0.05, 0.1) is 18.4 Å². The minimum absolute atomic E-state index is 0.104. The van der Waals surface area contributed by atoms with Crippen LogP contribution in [0.4, 0.5) is 5.00 Å². The smallest absolute Gasteiger partial charge is 0.255 e. The van der Waals surface area contributed by atoms with Crippen molar-refractivity contribution >= 4 is 28.5 Å². The van der Waals surface area contributed by atoms with Crippen molar-refractivity contribution in [1.29, 1.82) is 0 Å². The Bertz CT molecular complexity index is 1550. The predicted octanol–water partition coefficient (Wildman–Crippen LogP) is 7.48. The largest absolute Gasteiger partial charge is 0.489 e. The molecule has 2 aromatic carbocycles. The van der Waals surface area contributed by atoms with Crippen LogP contribution in [0.25, 0.3) is 0 Å². The van der Waals surface area contributed by atoms with Crippen LogP contribution in [0.3, 0.4) is 0 Å². The van der Waals surface area contributed by atoms with Gasteiger partial charge in [0.2, 0.25) is 6.79 Å². The summed E-state index contributed by atoms with van der Waals surface area (Å²) in [5, 5.41) is 3.79. The second kappa shape index (κ2) is 11.4. The van der Waals surface area contributed by atoms with Crippen LogP contribution in [-0.4, -0.2) is 18.9 Å². The number of hydrogen-bond acceptors (Lipinski definition) is 7. The van der Waals surface area contributed by atoms with Crippen LogP contribution in [0, 0.1) is 11.3 Å². The maximum absolute atomic E-state index is 13.4. The summed E-state index contributed by atoms with van der Waals surface area (Å²) in [6, 6.07) is 17.3. The van der Waals surface area contributed by atoms with E-state index in [2.05, 4.69) is 26.1 Å². The lowest BCUT2D eigenvalue weighted by Crippen LogP contribution is -2.28. The summed E-state index contributed by atoms with van der Waals surface area (Å²) in [5.41, 5.74) is 4.00. The fourth-order valence-corrected chi connectivity index (χ4v) is 6.55. The van der Waals surface area contributed by atoms with E-state index >= 15 is 0 Å². The van der Waals surface area contributed by atoms with Gasteiger partial charge in [0.25, 0.3) is 5.91 Å². The number of fused-ring (bicyclic) bond motifs is 2. The summed E-state index contributed by atoms with van der Waals surface area (Å²) >= 11 is 1.64. The molecule has 0 bridgehead atoms. The lowest BCUT2D eigenvalue weighted by Gasteiger charge is -2.33. The Morgan fingerprint density at radius 2 is 1.95 bits per heavy atom. The molecule has 41 heavy (non-hydrogen) atoms. The van der Waals surface area contributed by atoms with Crippen molar-refractivity contribution in [1.82, 2.24) is 5.32 Å². The van der Waals surface area contributed by atoms with Gasteiger partial charge in [-0.05, 0) is 95.8 Å². The van der Waals surface area contributed by atoms with Crippen LogP contribution in [0.5, 0.6) is 17.2 Å². The molecule has 6 rings (SSSR count). The summed E-state index contributed by atoms with van der Waals surface area (Å²) in [7, 11) is 0. The molecule has 2 aromatic heterocycles. The lowest BCUT2D eigenvalue weighted by atomic mass is 9.72. The van der Waals surface area contributed by atoms with E-state index in [4.69, 9.17) is 23.6 Å². The quantitative estimate of drug-likeness (QED) is 0.222. The lowest BCUT2D eigenvalue weighted by molar-refractivity contribution is 0.0947. The Balaban J connectivity index is 1.17. The first kappa shape index (κ1) is 27.1. The van der Waals surface area contributed by atoms with Gasteiger partial charge in [-0.2, -0.15) is 0 Å². The number of aliphatic imine (C=N–C) groups is 1. The van der Waals surface area contributed by atoms with E-state index in [0.717, 1.165) is 64.0 Å². The third-order valence-electron chi connectivity index (χ3n) is 7.76. The normalized spacial score (nSPS) is 16.1. The Labute approximate surface area is 244 Å². The average Bonchev–Trinajstić information content (AvgIpc) is 3.73. The molecule has 0 unspecified atom stereocenters. The third-order valence-corrected chi connectivity index (χ3v) is 8.92. The highest BCUT2D eigenvalue weighted by Gasteiger charge is 2.33. The van der Waals surface area contributed by atoms with Gasteiger partial charge in [-0.25, -0.2) is 4.99 Å². The van der Waals surface area contributed by atoms with E-state index in [1.54, 1.807) is 17.6 Å². The first-order chi connectivity index (χ1) is 19.8. The number of thiophene rings is 1. The Hall–Kier alpha value is -4.04. The second-order valence-corrected chi connectivity index (χ2v) is 12.6. The zero-order valence-electron chi connectivity index (χ0n) is 23.6. The molecule has 0 radical (unpaired) electrons. The molecule has 1 N–H and O–H groups in total. The van der Waals surface area contributed by atoms with Gasteiger partial charge >= 0.3 is 0 Å². The molecule has 1 atom stereocenters. The summed E-state index contributed by atoms with van der Waals surface area (Å²) in [5.74, 6) is 3.47. The van der Waals surface area contributed by atoms with Crippen molar-refractivity contribution in [2.24, 2.45) is 16.3 Å². The number of amides is 1. The molecular weight excluding hydrogens is 536 g/mol. The zero-order chi connectivity index (χ0) is 28.4. The summed E-state index contributed by atoms with van der Waals surface area (Å²) in [4.78, 5) is 19.5. The number of nitrogens with zero attached hydrogens (tertiary/aromatic N) is 1. The van der Waals surface area contributed by atoms with Crippen molar-refractivity contribution in [2.45, 2.75) is 53.2 Å². The molecule has 8 heteroatoms. The maximum Gasteiger partial charge on any atom is 0.255 e. The molecular formula is C33H34N2O5S. The SMILES string of the molecule is CC(C)(C)[C@H]1CCc2c(sc(N=Cc3ccc(OCc4ccc5c(c4)OCO5)cc3)c2C(=O)NCc2ccco2)C1. The third kappa shape index (κ3) is 6.17. The average molecular weight is 571 g/mol. The van der Waals surface area contributed by atoms with E-state index in [-0.39, 0.29) is 18.1 Å². The number of hydrogen-bond donors (Lipinski definition) is 1. The highest BCUT2D eigenvalue weighted by molar-refractivity contribution is 7.16. The van der Waals surface area contributed by atoms with Crippen molar-refractivity contribution in [3.63, 3.8) is 0 Å². The summed E-state index contributed by atoms with van der Waals surface area (Å²) in [6.45, 7) is 7.93. The minimum Gasteiger partial charge on any atom is -0.489 e. The Morgan fingerprint density at radius 1 is 1.12 bits per heavy atom. The number of nitrogens with one attached hydrogen (secondary N) is 1. The van der Waals surface area contributed by atoms with Crippen molar-refractivity contribution in [2.75, 3.05) is 6.79 Å². The molecule has 4 aromatic rings. The van der Waals surface area contributed by atoms with Crippen LogP contribution in [0.2, 0.25) is 0 Å². The van der Waals surface area contributed by atoms with Crippen molar-refractivity contribution in [3.8, 4) is 17.2 Å². The number of carbonyl (C=O) groups is 1. The molecule has 1 aliphatic carbocycles. The second-order valence-electron chi connectivity index (χ2n) is 11.6. The number of rotatable bonds is 8. The molecule has 0 spiro atoms. The van der Waals surface area contributed by atoms with Crippen LogP contribution < -0.4 is 19.5 Å². The van der Waals surface area contributed by atoms with E-state index in [1.165, 1.54) is 4.88 Å². The van der Waals surface area contributed by atoms with Gasteiger partial charge in [0.15, 0.2) is 11.5 Å². The summed E-state index contributed by atoms with van der Waals surface area (Å²) in [6.07, 6.45) is 6.38. The summed E-state index contributed by atoms with van der Waals surface area (Å²) < 4.78 is 22.2. The highest BCUT2D eigenvalue weighted by atomic mass is 32.1. The first-order valence-corrected chi connectivity index (χ1v) is 14.8. The van der Waals surface area contributed by atoms with Crippen LogP contribution in [-0.2, 0) is 26.0 Å². The molecule has 7 nitrogen and oxygen atoms in total. The van der Waals surface area contributed by atoms with Crippen LogP contribution >= 0.6 is 11.3 Å². The molecule has 0 fully saturated rings. The number of furan rings is 1. The van der Waals surface area contributed by atoms with Gasteiger partial charge in [-0.1, -0.05) is 26.8 Å². The fourth-order valence-electron chi connectivity index (χ4n) is 5.29. The zero-order valence-corrected chi connectivity index (χ0v) is 24.4. The first-order valence-electron chi connectivity index (χ1n) is 13.9. The van der Waals surface area contributed by atoms with Crippen LogP contribution in [0.1, 0.15) is 64.9 Å². The predicted molar refractivity (Wildman–Crippen MR) is 160 cm³/mol. The van der Waals surface area contributed by atoms with E-state index < -0.39 is 0 Å². The molecule has 1 aliphatic heterocycles. The van der Waals surface area contributed by atoms with Crippen molar-refractivity contribution in [3.05, 3.63) is 93.8 Å². The number of ether oxygens (including phenoxy) is 3. The molecule has 1 amide bonds. The monoisotopic (exact) mass is 570 g/mol. The standard InChI is InChI=1S/C33H34N2O5S/c1-33(2,3)23-9-12-26-29(16-23)41-32(30(26)31(36)34-18-25-5-4-14-37-25)35-17-21-6-10-24(11-7-21)38-19-22-8-13-27-28(15-22)40-20-39-27/h4-8,10-11,13-15,17,23H,9,12,16,18-20H2,1-3H3,(H,34,36)/t23-/m0/s1. The Morgan fingerprint density at radius 3 is 2.73 bits per heavy atom. The fraction of sp³-hybridized carbons (Fsp3) is 0.333. The Kier molecular flexibility index (Phi) is 7.58. The molecule has 0 saturated carbocycles. The minimum atomic E-state index is -0.104. The highest BCUT2D eigenvalue weighted by Crippen LogP contribution is 2.45. The molecule has 0 saturated heterocycles. The molecule has 3 heterocycles. The van der Waals surface area contributed by atoms with Gasteiger partial charge in [0.1, 0.15) is 23.1 Å². The van der Waals surface area contributed by atoms with E-state index in [0.29, 0.717) is 24.6 Å². The number of carbonyl (C=O) groups excluding carboxylic acids is 1. The van der Waals surface area contributed by atoms with Crippen LogP contribution in [0.15, 0.2) is 70.3 Å². The van der Waals surface area contributed by atoms with E-state index in [9.17, 15) is 4.79 Å². The number of benzene rings is 2. The van der Waals surface area contributed by atoms with Gasteiger partial charge in [0, 0.05) is 11.1 Å². The maximum atomic E-state index is 13.4.